The fourth-order valence-corrected chi connectivity index (χ4v) is 3.64. The quantitative estimate of drug-likeness (QED) is 0.557. The lowest BCUT2D eigenvalue weighted by Crippen LogP contribution is -2.46. The molecule has 4 aromatic rings. The highest BCUT2D eigenvalue weighted by atomic mass is 16.5. The first kappa shape index (κ1) is 16.1. The Balaban J connectivity index is 1.48. The van der Waals surface area contributed by atoms with E-state index in [4.69, 9.17) is 9.84 Å². The second-order valence-corrected chi connectivity index (χ2v) is 6.97. The lowest BCUT2D eigenvalue weighted by molar-refractivity contribution is 0.0262. The van der Waals surface area contributed by atoms with Crippen molar-refractivity contribution in [1.29, 1.82) is 0 Å². The summed E-state index contributed by atoms with van der Waals surface area (Å²) in [6, 6.07) is 8.60. The number of benzene rings is 1. The molecule has 3 aromatic heterocycles. The Morgan fingerprint density at radius 1 is 1.07 bits per heavy atom. The molecule has 7 nitrogen and oxygen atoms in total. The first-order valence-corrected chi connectivity index (χ1v) is 9.04. The average molecular weight is 360 g/mol. The number of methoxy groups -OCH3 is 1. The second-order valence-electron chi connectivity index (χ2n) is 6.97. The van der Waals surface area contributed by atoms with E-state index >= 15 is 0 Å². The minimum absolute atomic E-state index is 0.357. The van der Waals surface area contributed by atoms with Crippen LogP contribution < -0.4 is 4.90 Å². The smallest absolute Gasteiger partial charge is 0.243 e. The Hall–Kier alpha value is -3.06. The lowest BCUT2D eigenvalue weighted by atomic mass is 9.88. The molecule has 1 fully saturated rings. The normalized spacial score (nSPS) is 19.3. The standard InChI is InChI=1S/C20H20N6O/c1-25(14-10-15(11-14)27-2)20-23-12-19-16(5-8-26(19)24-20)13-3-4-17-18(9-13)22-7-6-21-17/h3-9,12,14-15H,10-11H2,1-2H3/t14-,15-. The van der Waals surface area contributed by atoms with Gasteiger partial charge in [0.2, 0.25) is 5.95 Å². The Labute approximate surface area is 156 Å². The second kappa shape index (κ2) is 6.28. The molecule has 1 aromatic carbocycles. The lowest BCUT2D eigenvalue weighted by Gasteiger charge is -2.40. The summed E-state index contributed by atoms with van der Waals surface area (Å²) in [4.78, 5) is 15.5. The van der Waals surface area contributed by atoms with Gasteiger partial charge in [-0.15, -0.1) is 5.10 Å². The van der Waals surface area contributed by atoms with Crippen LogP contribution >= 0.6 is 0 Å². The number of aromatic nitrogens is 5. The van der Waals surface area contributed by atoms with Crippen LogP contribution in [0.25, 0.3) is 27.7 Å². The maximum atomic E-state index is 5.37. The number of rotatable bonds is 4. The largest absolute Gasteiger partial charge is 0.381 e. The molecule has 1 aliphatic carbocycles. The van der Waals surface area contributed by atoms with Crippen molar-refractivity contribution in [2.24, 2.45) is 0 Å². The van der Waals surface area contributed by atoms with Crippen molar-refractivity contribution in [3.05, 3.63) is 49.1 Å². The number of hydrogen-bond donors (Lipinski definition) is 0. The minimum Gasteiger partial charge on any atom is -0.381 e. The Morgan fingerprint density at radius 2 is 1.89 bits per heavy atom. The molecule has 0 amide bonds. The Bertz CT molecular complexity index is 1120. The highest BCUT2D eigenvalue weighted by molar-refractivity contribution is 5.86. The molecule has 0 spiro atoms. The highest BCUT2D eigenvalue weighted by Crippen LogP contribution is 2.30. The summed E-state index contributed by atoms with van der Waals surface area (Å²) < 4.78 is 7.26. The summed E-state index contributed by atoms with van der Waals surface area (Å²) in [5.41, 5.74) is 4.90. The van der Waals surface area contributed by atoms with Crippen molar-refractivity contribution in [3.8, 4) is 11.1 Å². The third-order valence-corrected chi connectivity index (χ3v) is 5.45. The number of hydrogen-bond acceptors (Lipinski definition) is 6. The first-order chi connectivity index (χ1) is 13.2. The average Bonchev–Trinajstić information content (AvgIpc) is 3.10. The third-order valence-electron chi connectivity index (χ3n) is 5.45. The molecule has 0 N–H and O–H groups in total. The number of ether oxygens (including phenoxy) is 1. The van der Waals surface area contributed by atoms with Crippen LogP contribution in [-0.4, -0.2) is 50.9 Å². The molecule has 136 valence electrons. The van der Waals surface area contributed by atoms with Crippen LogP contribution in [0.1, 0.15) is 12.8 Å². The van der Waals surface area contributed by atoms with Gasteiger partial charge < -0.3 is 9.64 Å². The molecule has 7 heteroatoms. The predicted molar refractivity (Wildman–Crippen MR) is 104 cm³/mol. The zero-order chi connectivity index (χ0) is 18.4. The molecular formula is C20H20N6O. The number of fused-ring (bicyclic) bond motifs is 2. The number of anilines is 1. The minimum atomic E-state index is 0.357. The summed E-state index contributed by atoms with van der Waals surface area (Å²) in [5, 5.41) is 4.70. The zero-order valence-electron chi connectivity index (χ0n) is 15.3. The molecule has 5 rings (SSSR count). The van der Waals surface area contributed by atoms with Crippen LogP contribution in [0.2, 0.25) is 0 Å². The monoisotopic (exact) mass is 360 g/mol. The van der Waals surface area contributed by atoms with Crippen LogP contribution in [0.15, 0.2) is 49.1 Å². The first-order valence-electron chi connectivity index (χ1n) is 9.04. The van der Waals surface area contributed by atoms with Crippen molar-refractivity contribution < 1.29 is 4.74 Å². The van der Waals surface area contributed by atoms with Gasteiger partial charge in [0.1, 0.15) is 0 Å². The summed E-state index contributed by atoms with van der Waals surface area (Å²) in [6.07, 6.45) is 9.68. The van der Waals surface area contributed by atoms with Crippen molar-refractivity contribution in [1.82, 2.24) is 24.6 Å². The molecule has 1 aliphatic rings. The van der Waals surface area contributed by atoms with E-state index in [0.717, 1.165) is 46.5 Å². The van der Waals surface area contributed by atoms with Crippen LogP contribution in [-0.2, 0) is 4.74 Å². The van der Waals surface area contributed by atoms with Gasteiger partial charge >= 0.3 is 0 Å². The van der Waals surface area contributed by atoms with Crippen LogP contribution in [0.3, 0.4) is 0 Å². The molecule has 0 saturated heterocycles. The summed E-state index contributed by atoms with van der Waals surface area (Å²) in [6.45, 7) is 0. The van der Waals surface area contributed by atoms with Gasteiger partial charge in [-0.05, 0) is 36.6 Å². The summed E-state index contributed by atoms with van der Waals surface area (Å²) >= 11 is 0. The van der Waals surface area contributed by atoms with Crippen LogP contribution in [0.5, 0.6) is 0 Å². The Kier molecular flexibility index (Phi) is 3.75. The SMILES string of the molecule is CO[C@H]1C[C@H](N(C)c2ncc3c(-c4ccc5nccnc5c4)ccn3n2)C1. The van der Waals surface area contributed by atoms with Gasteiger partial charge in [-0.2, -0.15) is 0 Å². The fourth-order valence-electron chi connectivity index (χ4n) is 3.64. The van der Waals surface area contributed by atoms with Gasteiger partial charge in [-0.25, -0.2) is 9.50 Å². The predicted octanol–water partition coefficient (Wildman–Crippen LogP) is 2.95. The Morgan fingerprint density at radius 3 is 2.70 bits per heavy atom. The van der Waals surface area contributed by atoms with Crippen molar-refractivity contribution >= 4 is 22.5 Å². The van der Waals surface area contributed by atoms with Crippen LogP contribution in [0.4, 0.5) is 5.95 Å². The van der Waals surface area contributed by atoms with Crippen LogP contribution in [0, 0.1) is 0 Å². The van der Waals surface area contributed by atoms with E-state index < -0.39 is 0 Å². The van der Waals surface area contributed by atoms with Gasteiger partial charge in [-0.3, -0.25) is 9.97 Å². The molecular weight excluding hydrogens is 340 g/mol. The van der Waals surface area contributed by atoms with Gasteiger partial charge in [-0.1, -0.05) is 6.07 Å². The molecule has 1 saturated carbocycles. The summed E-state index contributed by atoms with van der Waals surface area (Å²) in [7, 11) is 3.81. The molecule has 0 unspecified atom stereocenters. The van der Waals surface area contributed by atoms with Crippen molar-refractivity contribution in [2.45, 2.75) is 25.0 Å². The van der Waals surface area contributed by atoms with Gasteiger partial charge in [0, 0.05) is 44.4 Å². The molecule has 0 radical (unpaired) electrons. The fraction of sp³-hybridized carbons (Fsp3) is 0.300. The van der Waals surface area contributed by atoms with Gasteiger partial charge in [0.05, 0.1) is 28.9 Å². The van der Waals surface area contributed by atoms with E-state index in [9.17, 15) is 0 Å². The summed E-state index contributed by atoms with van der Waals surface area (Å²) in [5.74, 6) is 0.730. The number of nitrogens with zero attached hydrogens (tertiary/aromatic N) is 6. The van der Waals surface area contributed by atoms with E-state index in [2.05, 4.69) is 38.1 Å². The van der Waals surface area contributed by atoms with E-state index in [0.29, 0.717) is 12.1 Å². The molecule has 3 heterocycles. The maximum absolute atomic E-state index is 5.37. The van der Waals surface area contributed by atoms with E-state index in [1.54, 1.807) is 19.5 Å². The van der Waals surface area contributed by atoms with E-state index in [-0.39, 0.29) is 0 Å². The maximum Gasteiger partial charge on any atom is 0.243 e. The molecule has 0 bridgehead atoms. The van der Waals surface area contributed by atoms with Crippen molar-refractivity contribution in [3.63, 3.8) is 0 Å². The molecule has 0 atom stereocenters. The molecule has 27 heavy (non-hydrogen) atoms. The highest BCUT2D eigenvalue weighted by Gasteiger charge is 2.33. The van der Waals surface area contributed by atoms with Gasteiger partial charge in [0.15, 0.2) is 0 Å². The molecule has 0 aliphatic heterocycles. The van der Waals surface area contributed by atoms with Crippen molar-refractivity contribution in [2.75, 3.05) is 19.1 Å². The zero-order valence-corrected chi connectivity index (χ0v) is 15.3. The van der Waals surface area contributed by atoms with E-state index in [1.807, 2.05) is 30.0 Å². The van der Waals surface area contributed by atoms with E-state index in [1.165, 1.54) is 0 Å². The van der Waals surface area contributed by atoms with Gasteiger partial charge in [0.25, 0.3) is 0 Å². The third kappa shape index (κ3) is 2.71. The topological polar surface area (TPSA) is 68.4 Å².